The molecule has 3 rings (SSSR count). The monoisotopic (exact) mass is 301 g/mol. The number of nitrogens with zero attached hydrogens (tertiary/aromatic N) is 2. The van der Waals surface area contributed by atoms with Crippen molar-refractivity contribution in [1.29, 1.82) is 0 Å². The maximum atomic E-state index is 12.8. The minimum absolute atomic E-state index is 0.0755. The molecule has 22 heavy (non-hydrogen) atoms. The van der Waals surface area contributed by atoms with Crippen LogP contribution in [0.1, 0.15) is 42.4 Å². The van der Waals surface area contributed by atoms with Crippen molar-refractivity contribution in [3.05, 3.63) is 29.6 Å². The Labute approximate surface area is 130 Å². The van der Waals surface area contributed by atoms with Crippen LogP contribution in [0.5, 0.6) is 0 Å². The number of imidazole rings is 1. The molecule has 1 aliphatic rings. The molecule has 1 aliphatic heterocycles. The molecule has 1 atom stereocenters. The standard InChI is InChI=1S/C17H23N3O2/c1-3-8-20(11-14-5-4-9-22-14)17(21)13-6-7-15-16(10-13)19-12(2)18-15/h6-7,10,14H,3-5,8-9,11H2,1-2H3,(H,18,19). The summed E-state index contributed by atoms with van der Waals surface area (Å²) in [5.74, 6) is 0.941. The topological polar surface area (TPSA) is 58.2 Å². The molecule has 1 unspecified atom stereocenters. The highest BCUT2D eigenvalue weighted by Gasteiger charge is 2.23. The second-order valence-corrected chi connectivity index (χ2v) is 5.94. The van der Waals surface area contributed by atoms with E-state index in [2.05, 4.69) is 16.9 Å². The van der Waals surface area contributed by atoms with E-state index in [0.717, 1.165) is 49.3 Å². The molecule has 0 radical (unpaired) electrons. The summed E-state index contributed by atoms with van der Waals surface area (Å²) in [6.07, 6.45) is 3.28. The van der Waals surface area contributed by atoms with Crippen molar-refractivity contribution in [2.24, 2.45) is 0 Å². The van der Waals surface area contributed by atoms with Gasteiger partial charge in [-0.1, -0.05) is 6.92 Å². The number of H-pyrrole nitrogens is 1. The van der Waals surface area contributed by atoms with Crippen LogP contribution >= 0.6 is 0 Å². The van der Waals surface area contributed by atoms with Gasteiger partial charge in [-0.3, -0.25) is 4.79 Å². The second kappa shape index (κ2) is 6.48. The van der Waals surface area contributed by atoms with Gasteiger partial charge in [-0.25, -0.2) is 4.98 Å². The van der Waals surface area contributed by atoms with Crippen LogP contribution in [-0.4, -0.2) is 46.6 Å². The summed E-state index contributed by atoms with van der Waals surface area (Å²) >= 11 is 0. The van der Waals surface area contributed by atoms with Crippen LogP contribution in [-0.2, 0) is 4.74 Å². The van der Waals surface area contributed by atoms with E-state index >= 15 is 0 Å². The van der Waals surface area contributed by atoms with Gasteiger partial charge >= 0.3 is 0 Å². The first-order chi connectivity index (χ1) is 10.7. The van der Waals surface area contributed by atoms with Gasteiger partial charge in [-0.15, -0.1) is 0 Å². The average molecular weight is 301 g/mol. The molecule has 1 fully saturated rings. The van der Waals surface area contributed by atoms with E-state index < -0.39 is 0 Å². The second-order valence-electron chi connectivity index (χ2n) is 5.94. The van der Waals surface area contributed by atoms with Gasteiger partial charge in [0.05, 0.1) is 17.1 Å². The van der Waals surface area contributed by atoms with Gasteiger partial charge in [0.25, 0.3) is 5.91 Å². The Morgan fingerprint density at radius 1 is 1.50 bits per heavy atom. The predicted molar refractivity (Wildman–Crippen MR) is 86.0 cm³/mol. The van der Waals surface area contributed by atoms with Crippen LogP contribution in [0, 0.1) is 6.92 Å². The Hall–Kier alpha value is -1.88. The molecule has 1 amide bonds. The lowest BCUT2D eigenvalue weighted by molar-refractivity contribution is 0.0526. The fourth-order valence-electron chi connectivity index (χ4n) is 3.03. The third-order valence-corrected chi connectivity index (χ3v) is 4.08. The summed E-state index contributed by atoms with van der Waals surface area (Å²) in [5, 5.41) is 0. The number of carbonyl (C=O) groups is 1. The Morgan fingerprint density at radius 2 is 2.36 bits per heavy atom. The Morgan fingerprint density at radius 3 is 3.09 bits per heavy atom. The number of nitrogens with one attached hydrogen (secondary N) is 1. The fraction of sp³-hybridized carbons (Fsp3) is 0.529. The van der Waals surface area contributed by atoms with Gasteiger partial charge in [0, 0.05) is 25.3 Å². The van der Waals surface area contributed by atoms with Gasteiger partial charge in [0.2, 0.25) is 0 Å². The first-order valence-electron chi connectivity index (χ1n) is 8.04. The normalized spacial score (nSPS) is 18.0. The molecule has 1 aromatic heterocycles. The number of rotatable bonds is 5. The van der Waals surface area contributed by atoms with Crippen LogP contribution < -0.4 is 0 Å². The number of aryl methyl sites for hydroxylation is 1. The van der Waals surface area contributed by atoms with E-state index in [4.69, 9.17) is 4.74 Å². The number of hydrogen-bond acceptors (Lipinski definition) is 3. The largest absolute Gasteiger partial charge is 0.376 e. The summed E-state index contributed by atoms with van der Waals surface area (Å²) in [6.45, 7) is 6.28. The van der Waals surface area contributed by atoms with Gasteiger partial charge in [0.15, 0.2) is 0 Å². The summed E-state index contributed by atoms with van der Waals surface area (Å²) in [4.78, 5) is 22.3. The number of amides is 1. The van der Waals surface area contributed by atoms with Crippen molar-refractivity contribution < 1.29 is 9.53 Å². The number of carbonyl (C=O) groups excluding carboxylic acids is 1. The Kier molecular flexibility index (Phi) is 4.43. The molecular weight excluding hydrogens is 278 g/mol. The lowest BCUT2D eigenvalue weighted by Gasteiger charge is -2.25. The first-order valence-corrected chi connectivity index (χ1v) is 8.04. The lowest BCUT2D eigenvalue weighted by atomic mass is 10.1. The molecule has 0 saturated carbocycles. The highest BCUT2D eigenvalue weighted by Crippen LogP contribution is 2.18. The maximum Gasteiger partial charge on any atom is 0.254 e. The average Bonchev–Trinajstić information content (AvgIpc) is 3.13. The zero-order valence-corrected chi connectivity index (χ0v) is 13.3. The van der Waals surface area contributed by atoms with E-state index in [1.54, 1.807) is 0 Å². The summed E-state index contributed by atoms with van der Waals surface area (Å²) < 4.78 is 5.68. The summed E-state index contributed by atoms with van der Waals surface area (Å²) in [7, 11) is 0. The molecule has 1 aromatic carbocycles. The fourth-order valence-corrected chi connectivity index (χ4v) is 3.03. The van der Waals surface area contributed by atoms with Gasteiger partial charge < -0.3 is 14.6 Å². The molecule has 2 aromatic rings. The molecule has 1 N–H and O–H groups in total. The van der Waals surface area contributed by atoms with Crippen LogP contribution in [0.25, 0.3) is 11.0 Å². The van der Waals surface area contributed by atoms with Crippen LogP contribution in [0.3, 0.4) is 0 Å². The van der Waals surface area contributed by atoms with E-state index in [0.29, 0.717) is 12.1 Å². The van der Waals surface area contributed by atoms with Gasteiger partial charge in [-0.05, 0) is 44.4 Å². The molecule has 2 heterocycles. The van der Waals surface area contributed by atoms with Crippen LogP contribution in [0.15, 0.2) is 18.2 Å². The zero-order valence-electron chi connectivity index (χ0n) is 13.3. The highest BCUT2D eigenvalue weighted by molar-refractivity contribution is 5.97. The Balaban J connectivity index is 1.80. The summed E-state index contributed by atoms with van der Waals surface area (Å²) in [6, 6.07) is 5.67. The first kappa shape index (κ1) is 15.0. The summed E-state index contributed by atoms with van der Waals surface area (Å²) in [5.41, 5.74) is 2.52. The number of aromatic nitrogens is 2. The van der Waals surface area contributed by atoms with Crippen molar-refractivity contribution in [2.75, 3.05) is 19.7 Å². The van der Waals surface area contributed by atoms with E-state index in [1.807, 2.05) is 30.0 Å². The van der Waals surface area contributed by atoms with E-state index in [-0.39, 0.29) is 12.0 Å². The number of hydrogen-bond donors (Lipinski definition) is 1. The molecule has 1 saturated heterocycles. The molecule has 5 nitrogen and oxygen atoms in total. The van der Waals surface area contributed by atoms with Crippen molar-refractivity contribution >= 4 is 16.9 Å². The minimum atomic E-state index is 0.0755. The smallest absolute Gasteiger partial charge is 0.254 e. The van der Waals surface area contributed by atoms with E-state index in [1.165, 1.54) is 0 Å². The van der Waals surface area contributed by atoms with Gasteiger partial charge in [0.1, 0.15) is 5.82 Å². The molecule has 0 bridgehead atoms. The molecular formula is C17H23N3O2. The minimum Gasteiger partial charge on any atom is -0.376 e. The zero-order chi connectivity index (χ0) is 15.5. The number of fused-ring (bicyclic) bond motifs is 1. The van der Waals surface area contributed by atoms with Crippen LogP contribution in [0.4, 0.5) is 0 Å². The third kappa shape index (κ3) is 3.14. The number of ether oxygens (including phenoxy) is 1. The van der Waals surface area contributed by atoms with Crippen molar-refractivity contribution in [3.63, 3.8) is 0 Å². The molecule has 5 heteroatoms. The van der Waals surface area contributed by atoms with Crippen molar-refractivity contribution in [3.8, 4) is 0 Å². The molecule has 0 aliphatic carbocycles. The lowest BCUT2D eigenvalue weighted by Crippen LogP contribution is -2.37. The maximum absolute atomic E-state index is 12.8. The quantitative estimate of drug-likeness (QED) is 0.924. The van der Waals surface area contributed by atoms with E-state index in [9.17, 15) is 4.79 Å². The molecule has 0 spiro atoms. The Bertz CT molecular complexity index is 659. The highest BCUT2D eigenvalue weighted by atomic mass is 16.5. The third-order valence-electron chi connectivity index (χ3n) is 4.08. The number of aromatic amines is 1. The SMILES string of the molecule is CCCN(CC1CCCO1)C(=O)c1ccc2nc(C)[nH]c2c1. The van der Waals surface area contributed by atoms with Gasteiger partial charge in [-0.2, -0.15) is 0 Å². The van der Waals surface area contributed by atoms with Crippen LogP contribution in [0.2, 0.25) is 0 Å². The predicted octanol–water partition coefficient (Wildman–Crippen LogP) is 2.90. The molecule has 118 valence electrons. The van der Waals surface area contributed by atoms with Crippen molar-refractivity contribution in [2.45, 2.75) is 39.2 Å². The number of benzene rings is 1. The van der Waals surface area contributed by atoms with Crippen molar-refractivity contribution in [1.82, 2.24) is 14.9 Å².